The van der Waals surface area contributed by atoms with Gasteiger partial charge in [0, 0.05) is 22.6 Å². The van der Waals surface area contributed by atoms with Crippen LogP contribution in [0.4, 0.5) is 5.13 Å². The normalized spacial score (nSPS) is 11.6. The van der Waals surface area contributed by atoms with Crippen molar-refractivity contribution in [3.05, 3.63) is 39.9 Å². The molecule has 20 heavy (non-hydrogen) atoms. The van der Waals surface area contributed by atoms with E-state index in [1.54, 1.807) is 25.4 Å². The van der Waals surface area contributed by atoms with E-state index in [9.17, 15) is 8.42 Å². The monoisotopic (exact) mass is 331 g/mol. The minimum absolute atomic E-state index is 0.167. The fourth-order valence-electron chi connectivity index (χ4n) is 1.62. The molecule has 0 fully saturated rings. The van der Waals surface area contributed by atoms with E-state index < -0.39 is 10.0 Å². The molecule has 0 bridgehead atoms. The van der Waals surface area contributed by atoms with Gasteiger partial charge in [-0.2, -0.15) is 0 Å². The van der Waals surface area contributed by atoms with E-state index in [1.807, 2.05) is 6.92 Å². The summed E-state index contributed by atoms with van der Waals surface area (Å²) in [6, 6.07) is 4.61. The lowest BCUT2D eigenvalue weighted by Gasteiger charge is -2.08. The molecule has 0 unspecified atom stereocenters. The number of nitrogens with one attached hydrogen (secondary N) is 2. The Morgan fingerprint density at radius 3 is 2.75 bits per heavy atom. The molecule has 0 radical (unpaired) electrons. The largest absolute Gasteiger partial charge is 0.316 e. The van der Waals surface area contributed by atoms with Crippen LogP contribution >= 0.6 is 22.9 Å². The van der Waals surface area contributed by atoms with Crippen molar-refractivity contribution in [2.45, 2.75) is 18.4 Å². The smallest absolute Gasteiger partial charge is 0.263 e. The second kappa shape index (κ2) is 6.09. The Kier molecular flexibility index (Phi) is 4.64. The number of anilines is 1. The molecule has 8 heteroatoms. The zero-order valence-corrected chi connectivity index (χ0v) is 13.4. The molecule has 1 aromatic heterocycles. The Bertz CT molecular complexity index is 713. The predicted molar refractivity (Wildman–Crippen MR) is 81.9 cm³/mol. The number of hydrogen-bond acceptors (Lipinski definition) is 5. The van der Waals surface area contributed by atoms with E-state index >= 15 is 0 Å². The van der Waals surface area contributed by atoms with Gasteiger partial charge in [-0.25, -0.2) is 13.4 Å². The number of aryl methyl sites for hydroxylation is 1. The van der Waals surface area contributed by atoms with Crippen LogP contribution in [0, 0.1) is 6.92 Å². The number of halogens is 1. The van der Waals surface area contributed by atoms with Gasteiger partial charge in [-0.15, -0.1) is 11.3 Å². The SMILES string of the molecule is CNCc1cc(S(=O)(=O)Nc2ncc(C)s2)ccc1Cl. The maximum Gasteiger partial charge on any atom is 0.263 e. The van der Waals surface area contributed by atoms with E-state index in [0.717, 1.165) is 10.4 Å². The summed E-state index contributed by atoms with van der Waals surface area (Å²) in [6.45, 7) is 2.36. The van der Waals surface area contributed by atoms with E-state index in [0.29, 0.717) is 16.7 Å². The summed E-state index contributed by atoms with van der Waals surface area (Å²) in [7, 11) is -1.87. The number of hydrogen-bond donors (Lipinski definition) is 2. The molecule has 0 spiro atoms. The van der Waals surface area contributed by atoms with Crippen LogP contribution in [0.1, 0.15) is 10.4 Å². The lowest BCUT2D eigenvalue weighted by atomic mass is 10.2. The topological polar surface area (TPSA) is 71.1 Å². The van der Waals surface area contributed by atoms with Crippen LogP contribution in [0.5, 0.6) is 0 Å². The number of aromatic nitrogens is 1. The first-order valence-corrected chi connectivity index (χ1v) is 8.48. The third-order valence-corrected chi connectivity index (χ3v) is 5.20. The van der Waals surface area contributed by atoms with Crippen molar-refractivity contribution in [2.24, 2.45) is 0 Å². The summed E-state index contributed by atoms with van der Waals surface area (Å²) in [4.78, 5) is 5.10. The molecule has 108 valence electrons. The first-order valence-electron chi connectivity index (χ1n) is 5.80. The third-order valence-electron chi connectivity index (χ3n) is 2.54. The molecule has 2 rings (SSSR count). The molecular formula is C12H14ClN3O2S2. The van der Waals surface area contributed by atoms with Crippen LogP contribution in [0.25, 0.3) is 0 Å². The van der Waals surface area contributed by atoms with Crippen LogP contribution in [-0.4, -0.2) is 20.4 Å². The minimum Gasteiger partial charge on any atom is -0.316 e. The van der Waals surface area contributed by atoms with Crippen LogP contribution < -0.4 is 10.0 Å². The van der Waals surface area contributed by atoms with Gasteiger partial charge in [-0.05, 0) is 37.7 Å². The Labute approximate surface area is 127 Å². The molecule has 2 N–H and O–H groups in total. The van der Waals surface area contributed by atoms with Gasteiger partial charge in [-0.1, -0.05) is 11.6 Å². The molecule has 2 aromatic rings. The molecule has 0 amide bonds. The predicted octanol–water partition coefficient (Wildman–Crippen LogP) is 2.63. The maximum atomic E-state index is 12.3. The molecular weight excluding hydrogens is 318 g/mol. The zero-order valence-electron chi connectivity index (χ0n) is 11.0. The van der Waals surface area contributed by atoms with Gasteiger partial charge in [-0.3, -0.25) is 4.72 Å². The van der Waals surface area contributed by atoms with E-state index in [1.165, 1.54) is 17.4 Å². The van der Waals surface area contributed by atoms with Crippen LogP contribution in [0.2, 0.25) is 5.02 Å². The quantitative estimate of drug-likeness (QED) is 0.883. The van der Waals surface area contributed by atoms with Gasteiger partial charge >= 0.3 is 0 Å². The number of rotatable bonds is 5. The van der Waals surface area contributed by atoms with Crippen molar-refractivity contribution < 1.29 is 8.42 Å². The van der Waals surface area contributed by atoms with E-state index in [4.69, 9.17) is 11.6 Å². The number of benzene rings is 1. The Morgan fingerprint density at radius 1 is 1.40 bits per heavy atom. The van der Waals surface area contributed by atoms with Crippen LogP contribution in [0.3, 0.4) is 0 Å². The summed E-state index contributed by atoms with van der Waals surface area (Å²) >= 11 is 7.31. The highest BCUT2D eigenvalue weighted by atomic mass is 35.5. The van der Waals surface area contributed by atoms with Crippen molar-refractivity contribution in [3.63, 3.8) is 0 Å². The van der Waals surface area contributed by atoms with E-state index in [2.05, 4.69) is 15.0 Å². The molecule has 1 heterocycles. The second-order valence-electron chi connectivity index (χ2n) is 4.17. The highest BCUT2D eigenvalue weighted by Gasteiger charge is 2.17. The Balaban J connectivity index is 2.31. The molecule has 0 aliphatic heterocycles. The van der Waals surface area contributed by atoms with Gasteiger partial charge in [0.2, 0.25) is 0 Å². The first kappa shape index (κ1) is 15.2. The Morgan fingerprint density at radius 2 is 2.15 bits per heavy atom. The number of sulfonamides is 1. The van der Waals surface area contributed by atoms with E-state index in [-0.39, 0.29) is 4.90 Å². The van der Waals surface area contributed by atoms with Gasteiger partial charge in [0.25, 0.3) is 10.0 Å². The van der Waals surface area contributed by atoms with Crippen LogP contribution in [0.15, 0.2) is 29.3 Å². The molecule has 0 saturated heterocycles. The molecule has 0 aliphatic rings. The number of thiazole rings is 1. The van der Waals surface area contributed by atoms with Crippen LogP contribution in [-0.2, 0) is 16.6 Å². The molecule has 5 nitrogen and oxygen atoms in total. The molecule has 0 atom stereocenters. The maximum absolute atomic E-state index is 12.3. The summed E-state index contributed by atoms with van der Waals surface area (Å²) in [5.41, 5.74) is 0.729. The summed E-state index contributed by atoms with van der Waals surface area (Å²) in [6.07, 6.45) is 1.62. The van der Waals surface area contributed by atoms with Gasteiger partial charge in [0.1, 0.15) is 0 Å². The van der Waals surface area contributed by atoms with Crippen molar-refractivity contribution >= 4 is 38.1 Å². The lowest BCUT2D eigenvalue weighted by molar-refractivity contribution is 0.601. The standard InChI is InChI=1S/C12H14ClN3O2S2/c1-8-6-15-12(19-8)16-20(17,18)10-3-4-11(13)9(5-10)7-14-2/h3-6,14H,7H2,1-2H3,(H,15,16). The second-order valence-corrected chi connectivity index (χ2v) is 7.49. The van der Waals surface area contributed by atoms with Gasteiger partial charge in [0.05, 0.1) is 4.90 Å². The van der Waals surface area contributed by atoms with Crippen molar-refractivity contribution in [1.29, 1.82) is 0 Å². The fraction of sp³-hybridized carbons (Fsp3) is 0.250. The minimum atomic E-state index is -3.65. The van der Waals surface area contributed by atoms with Crippen molar-refractivity contribution in [1.82, 2.24) is 10.3 Å². The average molecular weight is 332 g/mol. The zero-order chi connectivity index (χ0) is 14.8. The van der Waals surface area contributed by atoms with Gasteiger partial charge in [0.15, 0.2) is 5.13 Å². The lowest BCUT2D eigenvalue weighted by Crippen LogP contribution is -2.14. The summed E-state index contributed by atoms with van der Waals surface area (Å²) in [5.74, 6) is 0. The third kappa shape index (κ3) is 3.49. The number of nitrogens with zero attached hydrogens (tertiary/aromatic N) is 1. The highest BCUT2D eigenvalue weighted by molar-refractivity contribution is 7.93. The van der Waals surface area contributed by atoms with Crippen molar-refractivity contribution in [3.8, 4) is 0 Å². The summed E-state index contributed by atoms with van der Waals surface area (Å²) < 4.78 is 27.0. The first-order chi connectivity index (χ1) is 9.42. The van der Waals surface area contributed by atoms with Gasteiger partial charge < -0.3 is 5.32 Å². The fourth-order valence-corrected chi connectivity index (χ4v) is 3.76. The van der Waals surface area contributed by atoms with Crippen molar-refractivity contribution in [2.75, 3.05) is 11.8 Å². The summed E-state index contributed by atoms with van der Waals surface area (Å²) in [5, 5.41) is 3.83. The highest BCUT2D eigenvalue weighted by Crippen LogP contribution is 2.24. The molecule has 0 aliphatic carbocycles. The molecule has 0 saturated carbocycles. The Hall–Kier alpha value is -1.15. The molecule has 1 aromatic carbocycles. The average Bonchev–Trinajstić information content (AvgIpc) is 2.77.